The Labute approximate surface area is 79.8 Å². The monoisotopic (exact) mass is 189 g/mol. The molecule has 2 atom stereocenters. The van der Waals surface area contributed by atoms with Crippen molar-refractivity contribution >= 4 is 5.91 Å². The number of carbonyl (C=O) groups excluding carboxylic acids is 1. The first kappa shape index (κ1) is 12.4. The van der Waals surface area contributed by atoms with Gasteiger partial charge in [-0.15, -0.1) is 0 Å². The SMILES string of the molecule is CC[C@@H](OC)[C@H](C)C(=O)N(C)OC. The first-order valence-electron chi connectivity index (χ1n) is 4.42. The predicted octanol–water partition coefficient (Wildman–Crippen LogP) is 1.07. The minimum Gasteiger partial charge on any atom is -0.381 e. The normalized spacial score (nSPS) is 15.2. The highest BCUT2D eigenvalue weighted by molar-refractivity contribution is 5.77. The van der Waals surface area contributed by atoms with E-state index in [-0.39, 0.29) is 17.9 Å². The lowest BCUT2D eigenvalue weighted by Crippen LogP contribution is -2.37. The summed E-state index contributed by atoms with van der Waals surface area (Å²) in [7, 11) is 4.68. The molecular formula is C9H19NO3. The van der Waals surface area contributed by atoms with Crippen molar-refractivity contribution in [2.24, 2.45) is 5.92 Å². The summed E-state index contributed by atoms with van der Waals surface area (Å²) >= 11 is 0. The van der Waals surface area contributed by atoms with E-state index in [0.717, 1.165) is 6.42 Å². The van der Waals surface area contributed by atoms with E-state index < -0.39 is 0 Å². The first-order chi connectivity index (χ1) is 6.08. The zero-order valence-corrected chi connectivity index (χ0v) is 9.03. The van der Waals surface area contributed by atoms with Gasteiger partial charge in [0, 0.05) is 14.2 Å². The van der Waals surface area contributed by atoms with Gasteiger partial charge < -0.3 is 4.74 Å². The molecule has 0 N–H and O–H groups in total. The Hall–Kier alpha value is -0.610. The van der Waals surface area contributed by atoms with Crippen LogP contribution in [0.1, 0.15) is 20.3 Å². The van der Waals surface area contributed by atoms with Crippen LogP contribution >= 0.6 is 0 Å². The molecule has 0 bridgehead atoms. The first-order valence-corrected chi connectivity index (χ1v) is 4.42. The maximum absolute atomic E-state index is 11.6. The van der Waals surface area contributed by atoms with Gasteiger partial charge in [-0.1, -0.05) is 13.8 Å². The molecule has 1 amide bonds. The van der Waals surface area contributed by atoms with Crippen LogP contribution in [-0.4, -0.2) is 38.3 Å². The predicted molar refractivity (Wildman–Crippen MR) is 50.0 cm³/mol. The van der Waals surface area contributed by atoms with Gasteiger partial charge in [0.25, 0.3) is 5.91 Å². The Balaban J connectivity index is 4.22. The maximum atomic E-state index is 11.6. The molecular weight excluding hydrogens is 170 g/mol. The van der Waals surface area contributed by atoms with Gasteiger partial charge in [0.2, 0.25) is 0 Å². The molecule has 0 saturated heterocycles. The van der Waals surface area contributed by atoms with Crippen LogP contribution in [0.15, 0.2) is 0 Å². The van der Waals surface area contributed by atoms with Crippen molar-refractivity contribution in [2.75, 3.05) is 21.3 Å². The molecule has 0 aliphatic rings. The summed E-state index contributed by atoms with van der Waals surface area (Å²) in [5.41, 5.74) is 0. The molecule has 0 aliphatic heterocycles. The lowest BCUT2D eigenvalue weighted by Gasteiger charge is -2.24. The number of hydrogen-bond acceptors (Lipinski definition) is 3. The van der Waals surface area contributed by atoms with E-state index in [1.54, 1.807) is 14.2 Å². The zero-order valence-electron chi connectivity index (χ0n) is 9.03. The molecule has 4 nitrogen and oxygen atoms in total. The largest absolute Gasteiger partial charge is 0.381 e. The summed E-state index contributed by atoms with van der Waals surface area (Å²) in [6, 6.07) is 0. The molecule has 4 heteroatoms. The molecule has 13 heavy (non-hydrogen) atoms. The van der Waals surface area contributed by atoms with Crippen molar-refractivity contribution in [3.63, 3.8) is 0 Å². The number of hydrogen-bond donors (Lipinski definition) is 0. The summed E-state index contributed by atoms with van der Waals surface area (Å²) in [6.45, 7) is 3.83. The average Bonchev–Trinajstić information content (AvgIpc) is 2.17. The third-order valence-electron chi connectivity index (χ3n) is 2.24. The highest BCUT2D eigenvalue weighted by atomic mass is 16.7. The summed E-state index contributed by atoms with van der Waals surface area (Å²) in [5.74, 6) is -0.226. The zero-order chi connectivity index (χ0) is 10.4. The molecule has 0 fully saturated rings. The molecule has 0 heterocycles. The van der Waals surface area contributed by atoms with E-state index >= 15 is 0 Å². The van der Waals surface area contributed by atoms with Crippen LogP contribution in [0.3, 0.4) is 0 Å². The van der Waals surface area contributed by atoms with Crippen LogP contribution in [-0.2, 0) is 14.4 Å². The smallest absolute Gasteiger partial charge is 0.251 e. The van der Waals surface area contributed by atoms with Gasteiger partial charge in [-0.05, 0) is 6.42 Å². The van der Waals surface area contributed by atoms with Crippen LogP contribution in [0.2, 0.25) is 0 Å². The van der Waals surface area contributed by atoms with Crippen LogP contribution in [0.5, 0.6) is 0 Å². The van der Waals surface area contributed by atoms with Crippen LogP contribution in [0.25, 0.3) is 0 Å². The van der Waals surface area contributed by atoms with Crippen molar-refractivity contribution < 1.29 is 14.4 Å². The fraction of sp³-hybridized carbons (Fsp3) is 0.889. The standard InChI is InChI=1S/C9H19NO3/c1-6-8(12-4)7(2)9(11)10(3)13-5/h7-8H,6H2,1-5H3/t7-,8+/m0/s1. The lowest BCUT2D eigenvalue weighted by atomic mass is 10.0. The Kier molecular flexibility index (Phi) is 5.66. The third-order valence-corrected chi connectivity index (χ3v) is 2.24. The molecule has 0 aromatic heterocycles. The highest BCUT2D eigenvalue weighted by Gasteiger charge is 2.25. The Bertz CT molecular complexity index is 157. The number of rotatable bonds is 5. The molecule has 0 aromatic rings. The van der Waals surface area contributed by atoms with Gasteiger partial charge >= 0.3 is 0 Å². The molecule has 0 rings (SSSR count). The number of nitrogens with zero attached hydrogens (tertiary/aromatic N) is 1. The van der Waals surface area contributed by atoms with Gasteiger partial charge in [0.05, 0.1) is 19.1 Å². The van der Waals surface area contributed by atoms with Gasteiger partial charge in [-0.25, -0.2) is 5.06 Å². The van der Waals surface area contributed by atoms with Gasteiger partial charge in [0.1, 0.15) is 0 Å². The van der Waals surface area contributed by atoms with E-state index in [4.69, 9.17) is 9.57 Å². The molecule has 0 aliphatic carbocycles. The van der Waals surface area contributed by atoms with Gasteiger partial charge in [-0.3, -0.25) is 9.63 Å². The summed E-state index contributed by atoms with van der Waals surface area (Å²) in [5, 5.41) is 1.23. The maximum Gasteiger partial charge on any atom is 0.251 e. The van der Waals surface area contributed by atoms with Crippen molar-refractivity contribution in [1.29, 1.82) is 0 Å². The van der Waals surface area contributed by atoms with Crippen molar-refractivity contribution in [1.82, 2.24) is 5.06 Å². The highest BCUT2D eigenvalue weighted by Crippen LogP contribution is 2.12. The van der Waals surface area contributed by atoms with E-state index in [1.165, 1.54) is 12.2 Å². The summed E-state index contributed by atoms with van der Waals surface area (Å²) in [6.07, 6.45) is 0.783. The number of hydroxylamine groups is 2. The molecule has 0 saturated carbocycles. The fourth-order valence-corrected chi connectivity index (χ4v) is 1.26. The molecule has 0 unspecified atom stereocenters. The van der Waals surface area contributed by atoms with Gasteiger partial charge in [-0.2, -0.15) is 0 Å². The second-order valence-electron chi connectivity index (χ2n) is 2.99. The fourth-order valence-electron chi connectivity index (χ4n) is 1.26. The quantitative estimate of drug-likeness (QED) is 0.607. The minimum absolute atomic E-state index is 0.0369. The molecule has 78 valence electrons. The topological polar surface area (TPSA) is 38.8 Å². The number of methoxy groups -OCH3 is 1. The van der Waals surface area contributed by atoms with Crippen molar-refractivity contribution in [3.05, 3.63) is 0 Å². The van der Waals surface area contributed by atoms with Crippen molar-refractivity contribution in [3.8, 4) is 0 Å². The number of carbonyl (C=O) groups is 1. The van der Waals surface area contributed by atoms with Crippen molar-refractivity contribution in [2.45, 2.75) is 26.4 Å². The number of amides is 1. The molecule has 0 radical (unpaired) electrons. The van der Waals surface area contributed by atoms with Crippen LogP contribution < -0.4 is 0 Å². The minimum atomic E-state index is -0.167. The lowest BCUT2D eigenvalue weighted by molar-refractivity contribution is -0.177. The summed E-state index contributed by atoms with van der Waals surface area (Å²) in [4.78, 5) is 16.4. The Morgan fingerprint density at radius 3 is 2.31 bits per heavy atom. The summed E-state index contributed by atoms with van der Waals surface area (Å²) < 4.78 is 5.17. The van der Waals surface area contributed by atoms with E-state index in [9.17, 15) is 4.79 Å². The van der Waals surface area contributed by atoms with Crippen LogP contribution in [0, 0.1) is 5.92 Å². The van der Waals surface area contributed by atoms with Gasteiger partial charge in [0.15, 0.2) is 0 Å². The average molecular weight is 189 g/mol. The molecule has 0 spiro atoms. The Morgan fingerprint density at radius 2 is 2.00 bits per heavy atom. The second-order valence-corrected chi connectivity index (χ2v) is 2.99. The second kappa shape index (κ2) is 5.94. The Morgan fingerprint density at radius 1 is 1.46 bits per heavy atom. The van der Waals surface area contributed by atoms with E-state index in [1.807, 2.05) is 13.8 Å². The van der Waals surface area contributed by atoms with E-state index in [2.05, 4.69) is 0 Å². The third kappa shape index (κ3) is 3.32. The molecule has 0 aromatic carbocycles. The van der Waals surface area contributed by atoms with E-state index in [0.29, 0.717) is 0 Å². The number of ether oxygens (including phenoxy) is 1. The van der Waals surface area contributed by atoms with Crippen LogP contribution in [0.4, 0.5) is 0 Å².